The number of hydrogen-bond donors (Lipinski definition) is 0. The Bertz CT molecular complexity index is 439. The van der Waals surface area contributed by atoms with Crippen LogP contribution in [0, 0.1) is 18.3 Å². The van der Waals surface area contributed by atoms with Gasteiger partial charge >= 0.3 is 0 Å². The summed E-state index contributed by atoms with van der Waals surface area (Å²) in [7, 11) is 0. The highest BCUT2D eigenvalue weighted by Gasteiger charge is 2.21. The van der Waals surface area contributed by atoms with Crippen molar-refractivity contribution in [3.63, 3.8) is 0 Å². The van der Waals surface area contributed by atoms with Crippen LogP contribution in [0.4, 0.5) is 0 Å². The Hall–Kier alpha value is -1.33. The maximum absolute atomic E-state index is 8.89. The molecule has 0 N–H and O–H groups in total. The predicted molar refractivity (Wildman–Crippen MR) is 74.2 cm³/mol. The Morgan fingerprint density at radius 1 is 1.33 bits per heavy atom. The number of aryl methyl sites for hydroxylation is 1. The van der Waals surface area contributed by atoms with Gasteiger partial charge in [-0.2, -0.15) is 5.26 Å². The molecule has 0 bridgehead atoms. The molecule has 1 aliphatic carbocycles. The summed E-state index contributed by atoms with van der Waals surface area (Å²) in [5.41, 5.74) is 3.37. The number of rotatable bonds is 4. The second-order valence-corrected chi connectivity index (χ2v) is 5.25. The van der Waals surface area contributed by atoms with Crippen LogP contribution >= 0.6 is 0 Å². The molecule has 0 amide bonds. The van der Waals surface area contributed by atoms with Crippen molar-refractivity contribution in [3.05, 3.63) is 34.9 Å². The molecule has 1 fully saturated rings. The molecule has 18 heavy (non-hydrogen) atoms. The zero-order valence-corrected chi connectivity index (χ0v) is 11.4. The van der Waals surface area contributed by atoms with Crippen molar-refractivity contribution < 1.29 is 0 Å². The van der Waals surface area contributed by atoms with Crippen molar-refractivity contribution in [2.75, 3.05) is 6.54 Å². The summed E-state index contributed by atoms with van der Waals surface area (Å²) in [6.45, 7) is 6.50. The van der Waals surface area contributed by atoms with E-state index in [9.17, 15) is 0 Å². The Kier molecular flexibility index (Phi) is 4.38. The van der Waals surface area contributed by atoms with Crippen LogP contribution in [0.1, 0.15) is 49.3 Å². The van der Waals surface area contributed by atoms with E-state index in [2.05, 4.69) is 30.9 Å². The molecular formula is C16H22N2. The van der Waals surface area contributed by atoms with Crippen molar-refractivity contribution in [3.8, 4) is 6.07 Å². The monoisotopic (exact) mass is 242 g/mol. The third-order valence-corrected chi connectivity index (χ3v) is 4.09. The molecule has 2 nitrogen and oxygen atoms in total. The van der Waals surface area contributed by atoms with Crippen LogP contribution in [0.25, 0.3) is 0 Å². The van der Waals surface area contributed by atoms with Gasteiger partial charge in [0.1, 0.15) is 0 Å². The molecule has 0 heterocycles. The highest BCUT2D eigenvalue weighted by atomic mass is 15.1. The minimum atomic E-state index is 0.764. The van der Waals surface area contributed by atoms with E-state index in [-0.39, 0.29) is 0 Å². The summed E-state index contributed by atoms with van der Waals surface area (Å²) >= 11 is 0. The molecule has 0 atom stereocenters. The largest absolute Gasteiger partial charge is 0.296 e. The molecule has 2 heteroatoms. The van der Waals surface area contributed by atoms with Crippen LogP contribution in [0.3, 0.4) is 0 Å². The highest BCUT2D eigenvalue weighted by molar-refractivity contribution is 5.37. The van der Waals surface area contributed by atoms with Crippen LogP contribution in [0.15, 0.2) is 18.2 Å². The third kappa shape index (κ3) is 2.91. The molecule has 1 aliphatic rings. The molecule has 1 aromatic carbocycles. The van der Waals surface area contributed by atoms with Crippen LogP contribution in [-0.2, 0) is 6.54 Å². The first kappa shape index (κ1) is 13.1. The van der Waals surface area contributed by atoms with Gasteiger partial charge in [-0.3, -0.25) is 4.90 Å². The lowest BCUT2D eigenvalue weighted by Crippen LogP contribution is -2.32. The lowest BCUT2D eigenvalue weighted by Gasteiger charge is -2.28. The lowest BCUT2D eigenvalue weighted by atomic mass is 10.0. The fourth-order valence-electron chi connectivity index (χ4n) is 2.93. The molecule has 2 rings (SSSR count). The van der Waals surface area contributed by atoms with Crippen LogP contribution in [0.5, 0.6) is 0 Å². The molecule has 96 valence electrons. The van der Waals surface area contributed by atoms with Gasteiger partial charge < -0.3 is 0 Å². The second kappa shape index (κ2) is 6.02. The second-order valence-electron chi connectivity index (χ2n) is 5.25. The summed E-state index contributed by atoms with van der Waals surface area (Å²) < 4.78 is 0. The predicted octanol–water partition coefficient (Wildman–Crippen LogP) is 3.63. The van der Waals surface area contributed by atoms with E-state index < -0.39 is 0 Å². The van der Waals surface area contributed by atoms with Crippen molar-refractivity contribution in [2.24, 2.45) is 0 Å². The van der Waals surface area contributed by atoms with E-state index in [1.54, 1.807) is 0 Å². The standard InChI is InChI=1S/C16H22N2/c1-3-18(16-6-4-5-7-16)12-15-9-8-14(11-17)10-13(15)2/h8-10,16H,3-7,12H2,1-2H3. The van der Waals surface area contributed by atoms with E-state index >= 15 is 0 Å². The van der Waals surface area contributed by atoms with E-state index in [0.29, 0.717) is 0 Å². The maximum Gasteiger partial charge on any atom is 0.0991 e. The van der Waals surface area contributed by atoms with Crippen LogP contribution < -0.4 is 0 Å². The quantitative estimate of drug-likeness (QED) is 0.806. The molecular weight excluding hydrogens is 220 g/mol. The zero-order valence-electron chi connectivity index (χ0n) is 11.4. The van der Waals surface area contributed by atoms with E-state index in [1.165, 1.54) is 36.8 Å². The fourth-order valence-corrected chi connectivity index (χ4v) is 2.93. The van der Waals surface area contributed by atoms with Crippen LogP contribution in [0.2, 0.25) is 0 Å². The highest BCUT2D eigenvalue weighted by Crippen LogP contribution is 2.25. The van der Waals surface area contributed by atoms with Crippen molar-refractivity contribution in [1.82, 2.24) is 4.90 Å². The van der Waals surface area contributed by atoms with E-state index in [1.807, 2.05) is 12.1 Å². The van der Waals surface area contributed by atoms with Gasteiger partial charge in [0.2, 0.25) is 0 Å². The van der Waals surface area contributed by atoms with Gasteiger partial charge in [-0.05, 0) is 49.6 Å². The number of hydrogen-bond acceptors (Lipinski definition) is 2. The Balaban J connectivity index is 2.09. The fraction of sp³-hybridized carbons (Fsp3) is 0.562. The van der Waals surface area contributed by atoms with Crippen molar-refractivity contribution in [1.29, 1.82) is 5.26 Å². The number of nitrogens with zero attached hydrogens (tertiary/aromatic N) is 2. The maximum atomic E-state index is 8.89. The Morgan fingerprint density at radius 3 is 2.61 bits per heavy atom. The molecule has 0 aromatic heterocycles. The first-order valence-corrected chi connectivity index (χ1v) is 6.98. The minimum Gasteiger partial charge on any atom is -0.296 e. The van der Waals surface area contributed by atoms with E-state index in [4.69, 9.17) is 5.26 Å². The van der Waals surface area contributed by atoms with Crippen molar-refractivity contribution >= 4 is 0 Å². The summed E-state index contributed by atoms with van der Waals surface area (Å²) in [5, 5.41) is 8.89. The van der Waals surface area contributed by atoms with Gasteiger partial charge in [-0.1, -0.05) is 25.8 Å². The molecule has 0 unspecified atom stereocenters. The van der Waals surface area contributed by atoms with Gasteiger partial charge in [0.05, 0.1) is 11.6 Å². The third-order valence-electron chi connectivity index (χ3n) is 4.09. The molecule has 1 saturated carbocycles. The average Bonchev–Trinajstić information content (AvgIpc) is 2.91. The average molecular weight is 242 g/mol. The molecule has 0 saturated heterocycles. The smallest absolute Gasteiger partial charge is 0.0991 e. The van der Waals surface area contributed by atoms with E-state index in [0.717, 1.165) is 24.7 Å². The van der Waals surface area contributed by atoms with Gasteiger partial charge in [0.15, 0.2) is 0 Å². The van der Waals surface area contributed by atoms with Gasteiger partial charge in [-0.15, -0.1) is 0 Å². The number of benzene rings is 1. The van der Waals surface area contributed by atoms with Crippen LogP contribution in [-0.4, -0.2) is 17.5 Å². The van der Waals surface area contributed by atoms with Gasteiger partial charge in [0, 0.05) is 12.6 Å². The van der Waals surface area contributed by atoms with Crippen molar-refractivity contribution in [2.45, 2.75) is 52.1 Å². The summed E-state index contributed by atoms with van der Waals surface area (Å²) in [4.78, 5) is 2.58. The Labute approximate surface area is 110 Å². The summed E-state index contributed by atoms with van der Waals surface area (Å²) in [6, 6.07) is 9.02. The molecule has 0 spiro atoms. The summed E-state index contributed by atoms with van der Waals surface area (Å²) in [6.07, 6.45) is 5.47. The first-order valence-electron chi connectivity index (χ1n) is 6.98. The van der Waals surface area contributed by atoms with Gasteiger partial charge in [-0.25, -0.2) is 0 Å². The first-order chi connectivity index (χ1) is 8.74. The normalized spacial score (nSPS) is 16.1. The molecule has 0 radical (unpaired) electrons. The summed E-state index contributed by atoms with van der Waals surface area (Å²) in [5.74, 6) is 0. The topological polar surface area (TPSA) is 27.0 Å². The molecule has 1 aromatic rings. The minimum absolute atomic E-state index is 0.764. The lowest BCUT2D eigenvalue weighted by molar-refractivity contribution is 0.200. The SMILES string of the molecule is CCN(Cc1ccc(C#N)cc1C)C1CCCC1. The zero-order chi connectivity index (χ0) is 13.0. The molecule has 0 aliphatic heterocycles. The van der Waals surface area contributed by atoms with Gasteiger partial charge in [0.25, 0.3) is 0 Å². The Morgan fingerprint density at radius 2 is 2.06 bits per heavy atom. The number of nitriles is 1.